The standard InChI is InChI=1S/C21H25N3O3/c1-5-24(4)19-16(12(2)10-13(3)23-19)18(25)21(20(26)27)11-14-8-6-7-9-15(14)17(21)22/h6-10,17H,5,11,22H2,1-4H3,(H,26,27). The monoisotopic (exact) mass is 367 g/mol. The van der Waals surface area contributed by atoms with E-state index in [1.54, 1.807) is 6.07 Å². The number of aromatic nitrogens is 1. The number of hydrogen-bond donors (Lipinski definition) is 2. The normalized spacial score (nSPS) is 21.0. The van der Waals surface area contributed by atoms with Gasteiger partial charge in [0.25, 0.3) is 0 Å². The second-order valence-corrected chi connectivity index (χ2v) is 7.25. The van der Waals surface area contributed by atoms with Crippen LogP contribution in [0.25, 0.3) is 0 Å². The third-order valence-electron chi connectivity index (χ3n) is 5.57. The third-order valence-corrected chi connectivity index (χ3v) is 5.57. The molecule has 2 aromatic rings. The van der Waals surface area contributed by atoms with E-state index in [0.717, 1.165) is 16.8 Å². The van der Waals surface area contributed by atoms with E-state index in [-0.39, 0.29) is 6.42 Å². The van der Waals surface area contributed by atoms with Crippen molar-refractivity contribution >= 4 is 17.6 Å². The molecule has 0 bridgehead atoms. The number of anilines is 1. The molecule has 2 atom stereocenters. The first-order valence-corrected chi connectivity index (χ1v) is 9.05. The van der Waals surface area contributed by atoms with Gasteiger partial charge in [0.1, 0.15) is 5.82 Å². The molecule has 6 heteroatoms. The number of carbonyl (C=O) groups is 2. The zero-order valence-corrected chi connectivity index (χ0v) is 16.1. The minimum atomic E-state index is -1.73. The van der Waals surface area contributed by atoms with Crippen LogP contribution in [0.2, 0.25) is 0 Å². The highest BCUT2D eigenvalue weighted by Gasteiger charge is 2.57. The van der Waals surface area contributed by atoms with Gasteiger partial charge in [-0.15, -0.1) is 0 Å². The number of nitrogens with two attached hydrogens (primary N) is 1. The van der Waals surface area contributed by atoms with Gasteiger partial charge in [-0.25, -0.2) is 4.98 Å². The summed E-state index contributed by atoms with van der Waals surface area (Å²) in [5, 5.41) is 10.1. The Bertz CT molecular complexity index is 925. The van der Waals surface area contributed by atoms with E-state index in [1.807, 2.05) is 57.0 Å². The summed E-state index contributed by atoms with van der Waals surface area (Å²) in [7, 11) is 1.84. The van der Waals surface area contributed by atoms with Crippen LogP contribution in [0.15, 0.2) is 30.3 Å². The van der Waals surface area contributed by atoms with Crippen LogP contribution in [0.4, 0.5) is 5.82 Å². The van der Waals surface area contributed by atoms with Crippen molar-refractivity contribution in [2.75, 3.05) is 18.5 Å². The maximum absolute atomic E-state index is 13.7. The molecule has 2 unspecified atom stereocenters. The molecule has 1 aromatic carbocycles. The molecular formula is C21H25N3O3. The zero-order chi connectivity index (χ0) is 19.9. The molecule has 0 spiro atoms. The number of carbonyl (C=O) groups excluding carboxylic acids is 1. The molecule has 0 aliphatic heterocycles. The Labute approximate surface area is 159 Å². The number of ketones is 1. The smallest absolute Gasteiger partial charge is 0.319 e. The first kappa shape index (κ1) is 19.0. The van der Waals surface area contributed by atoms with Crippen LogP contribution in [-0.4, -0.2) is 35.4 Å². The van der Waals surface area contributed by atoms with E-state index < -0.39 is 23.2 Å². The highest BCUT2D eigenvalue weighted by Crippen LogP contribution is 2.47. The summed E-state index contributed by atoms with van der Waals surface area (Å²) in [6.07, 6.45) is 0.0844. The van der Waals surface area contributed by atoms with Crippen molar-refractivity contribution < 1.29 is 14.7 Å². The summed E-state index contributed by atoms with van der Waals surface area (Å²) < 4.78 is 0. The molecule has 142 valence electrons. The van der Waals surface area contributed by atoms with Gasteiger partial charge in [-0.1, -0.05) is 24.3 Å². The number of carboxylic acid groups (broad SMARTS) is 1. The van der Waals surface area contributed by atoms with E-state index in [0.29, 0.717) is 23.5 Å². The highest BCUT2D eigenvalue weighted by molar-refractivity contribution is 6.16. The zero-order valence-electron chi connectivity index (χ0n) is 16.1. The van der Waals surface area contributed by atoms with Crippen molar-refractivity contribution in [3.05, 3.63) is 58.3 Å². The molecule has 3 N–H and O–H groups in total. The average molecular weight is 367 g/mol. The van der Waals surface area contributed by atoms with Crippen molar-refractivity contribution in [2.45, 2.75) is 33.2 Å². The molecule has 1 aliphatic rings. The van der Waals surface area contributed by atoms with Crippen LogP contribution in [0.3, 0.4) is 0 Å². The number of carboxylic acids is 1. The summed E-state index contributed by atoms with van der Waals surface area (Å²) >= 11 is 0. The van der Waals surface area contributed by atoms with E-state index >= 15 is 0 Å². The lowest BCUT2D eigenvalue weighted by Crippen LogP contribution is -2.47. The van der Waals surface area contributed by atoms with Crippen molar-refractivity contribution in [3.8, 4) is 0 Å². The molecule has 0 fully saturated rings. The fourth-order valence-electron chi connectivity index (χ4n) is 3.95. The predicted octanol–water partition coefficient (Wildman–Crippen LogP) is 2.66. The maximum Gasteiger partial charge on any atom is 0.319 e. The number of benzene rings is 1. The third kappa shape index (κ3) is 2.80. The fourth-order valence-corrected chi connectivity index (χ4v) is 3.95. The lowest BCUT2D eigenvalue weighted by atomic mass is 9.74. The number of aryl methyl sites for hydroxylation is 2. The van der Waals surface area contributed by atoms with Crippen molar-refractivity contribution in [3.63, 3.8) is 0 Å². The number of aliphatic carboxylic acids is 1. The fraction of sp³-hybridized carbons (Fsp3) is 0.381. The second kappa shape index (κ2) is 6.78. The number of nitrogens with zero attached hydrogens (tertiary/aromatic N) is 2. The quantitative estimate of drug-likeness (QED) is 0.623. The minimum absolute atomic E-state index is 0.0844. The Morgan fingerprint density at radius 2 is 2.00 bits per heavy atom. The molecule has 0 saturated carbocycles. The molecule has 1 aliphatic carbocycles. The maximum atomic E-state index is 13.7. The van der Waals surface area contributed by atoms with Gasteiger partial charge in [0.2, 0.25) is 0 Å². The first-order valence-electron chi connectivity index (χ1n) is 9.05. The average Bonchev–Trinajstić information content (AvgIpc) is 2.94. The molecule has 0 saturated heterocycles. The second-order valence-electron chi connectivity index (χ2n) is 7.25. The van der Waals surface area contributed by atoms with E-state index in [9.17, 15) is 14.7 Å². The Balaban J connectivity index is 2.21. The van der Waals surface area contributed by atoms with Crippen LogP contribution in [0, 0.1) is 19.3 Å². The van der Waals surface area contributed by atoms with Crippen molar-refractivity contribution in [1.82, 2.24) is 4.98 Å². The largest absolute Gasteiger partial charge is 0.480 e. The molecule has 1 heterocycles. The van der Waals surface area contributed by atoms with Gasteiger partial charge < -0.3 is 15.7 Å². The van der Waals surface area contributed by atoms with Gasteiger partial charge in [-0.05, 0) is 49.9 Å². The van der Waals surface area contributed by atoms with Gasteiger partial charge in [-0.2, -0.15) is 0 Å². The number of fused-ring (bicyclic) bond motifs is 1. The summed E-state index contributed by atoms with van der Waals surface area (Å²) in [4.78, 5) is 32.5. The Morgan fingerprint density at radius 3 is 2.59 bits per heavy atom. The van der Waals surface area contributed by atoms with Gasteiger partial charge in [-0.3, -0.25) is 9.59 Å². The molecule has 6 nitrogen and oxygen atoms in total. The molecule has 27 heavy (non-hydrogen) atoms. The Kier molecular flexibility index (Phi) is 4.78. The van der Waals surface area contributed by atoms with Crippen LogP contribution in [0.5, 0.6) is 0 Å². The number of rotatable bonds is 5. The molecular weight excluding hydrogens is 342 g/mol. The van der Waals surface area contributed by atoms with Crippen LogP contribution < -0.4 is 10.6 Å². The number of hydrogen-bond acceptors (Lipinski definition) is 5. The SMILES string of the molecule is CCN(C)c1nc(C)cc(C)c1C(=O)C1(C(=O)O)Cc2ccccc2C1N. The Hall–Kier alpha value is -2.73. The van der Waals surface area contributed by atoms with Crippen molar-refractivity contribution in [2.24, 2.45) is 11.1 Å². The minimum Gasteiger partial charge on any atom is -0.480 e. The van der Waals surface area contributed by atoms with Gasteiger partial charge in [0.05, 0.1) is 11.6 Å². The molecule has 0 radical (unpaired) electrons. The lowest BCUT2D eigenvalue weighted by molar-refractivity contribution is -0.146. The number of Topliss-reactive ketones (excluding diaryl/α,β-unsaturated/α-hetero) is 1. The van der Waals surface area contributed by atoms with Gasteiger partial charge >= 0.3 is 5.97 Å². The molecule has 1 aromatic heterocycles. The Morgan fingerprint density at radius 1 is 1.33 bits per heavy atom. The highest BCUT2D eigenvalue weighted by atomic mass is 16.4. The number of pyridine rings is 1. The van der Waals surface area contributed by atoms with Gasteiger partial charge in [0.15, 0.2) is 11.2 Å². The first-order chi connectivity index (χ1) is 12.7. The van der Waals surface area contributed by atoms with Crippen molar-refractivity contribution in [1.29, 1.82) is 0 Å². The topological polar surface area (TPSA) is 96.5 Å². The summed E-state index contributed by atoms with van der Waals surface area (Å²) in [5.74, 6) is -1.16. The lowest BCUT2D eigenvalue weighted by Gasteiger charge is -2.30. The molecule has 3 rings (SSSR count). The van der Waals surface area contributed by atoms with Gasteiger partial charge in [0, 0.05) is 19.3 Å². The molecule has 0 amide bonds. The van der Waals surface area contributed by atoms with Crippen LogP contribution in [0.1, 0.15) is 45.7 Å². The van der Waals surface area contributed by atoms with Crippen LogP contribution in [-0.2, 0) is 11.2 Å². The summed E-state index contributed by atoms with van der Waals surface area (Å²) in [5.41, 5.74) is 8.01. The predicted molar refractivity (Wildman–Crippen MR) is 104 cm³/mol. The van der Waals surface area contributed by atoms with Crippen LogP contribution >= 0.6 is 0 Å². The van der Waals surface area contributed by atoms with E-state index in [2.05, 4.69) is 4.98 Å². The summed E-state index contributed by atoms with van der Waals surface area (Å²) in [6.45, 7) is 6.27. The summed E-state index contributed by atoms with van der Waals surface area (Å²) in [6, 6.07) is 8.20. The van der Waals surface area contributed by atoms with E-state index in [1.165, 1.54) is 0 Å². The van der Waals surface area contributed by atoms with E-state index in [4.69, 9.17) is 5.73 Å².